The fourth-order valence-electron chi connectivity index (χ4n) is 3.78. The van der Waals surface area contributed by atoms with E-state index in [1.165, 1.54) is 0 Å². The summed E-state index contributed by atoms with van der Waals surface area (Å²) in [6, 6.07) is 0. The summed E-state index contributed by atoms with van der Waals surface area (Å²) < 4.78 is 0. The summed E-state index contributed by atoms with van der Waals surface area (Å²) in [6.45, 7) is 5.53. The van der Waals surface area contributed by atoms with Crippen molar-refractivity contribution in [2.45, 2.75) is 46.0 Å². The molecule has 2 bridgehead atoms. The summed E-state index contributed by atoms with van der Waals surface area (Å²) in [5, 5.41) is 5.96. The van der Waals surface area contributed by atoms with Gasteiger partial charge in [-0.15, -0.1) is 0 Å². The third kappa shape index (κ3) is 2.93. The number of fused-ring (bicyclic) bond motifs is 2. The van der Waals surface area contributed by atoms with E-state index >= 15 is 0 Å². The first-order chi connectivity index (χ1) is 9.19. The standard InChI is InChI=1S/C15H26N2O2/c1-3-7-16-14(18)12-10-5-6-11(9-10)13(12)15(19)17-8-4-2/h10-13H,3-9H2,1-2H3,(H,16,18)(H,17,19). The molecule has 0 spiro atoms. The van der Waals surface area contributed by atoms with Crippen molar-refractivity contribution in [1.29, 1.82) is 0 Å². The van der Waals surface area contributed by atoms with Crippen LogP contribution in [0.2, 0.25) is 0 Å². The van der Waals surface area contributed by atoms with Gasteiger partial charge in [0, 0.05) is 13.1 Å². The summed E-state index contributed by atoms with van der Waals surface area (Å²) in [7, 11) is 0. The van der Waals surface area contributed by atoms with Crippen LogP contribution in [0.4, 0.5) is 0 Å². The Morgan fingerprint density at radius 1 is 0.895 bits per heavy atom. The van der Waals surface area contributed by atoms with E-state index < -0.39 is 0 Å². The molecule has 0 radical (unpaired) electrons. The minimum Gasteiger partial charge on any atom is -0.356 e. The van der Waals surface area contributed by atoms with Gasteiger partial charge in [0.15, 0.2) is 0 Å². The molecule has 2 aliphatic rings. The van der Waals surface area contributed by atoms with E-state index in [0.29, 0.717) is 11.8 Å². The first-order valence-corrected chi connectivity index (χ1v) is 7.74. The lowest BCUT2D eigenvalue weighted by atomic mass is 9.78. The Morgan fingerprint density at radius 3 is 1.68 bits per heavy atom. The molecule has 4 nitrogen and oxygen atoms in total. The molecule has 0 aromatic carbocycles. The van der Waals surface area contributed by atoms with Gasteiger partial charge in [-0.05, 0) is 43.9 Å². The minimum atomic E-state index is -0.0813. The molecule has 0 saturated heterocycles. The normalized spacial score (nSPS) is 32.3. The maximum absolute atomic E-state index is 12.3. The summed E-state index contributed by atoms with van der Waals surface area (Å²) in [4.78, 5) is 24.6. The van der Waals surface area contributed by atoms with Crippen LogP contribution in [0.25, 0.3) is 0 Å². The fourth-order valence-corrected chi connectivity index (χ4v) is 3.78. The molecule has 4 unspecified atom stereocenters. The van der Waals surface area contributed by atoms with Crippen molar-refractivity contribution in [3.63, 3.8) is 0 Å². The summed E-state index contributed by atoms with van der Waals surface area (Å²) in [5.41, 5.74) is 0. The molecular weight excluding hydrogens is 240 g/mol. The zero-order valence-electron chi connectivity index (χ0n) is 12.1. The van der Waals surface area contributed by atoms with Crippen LogP contribution >= 0.6 is 0 Å². The van der Waals surface area contributed by atoms with Crippen molar-refractivity contribution >= 4 is 11.8 Å². The Bertz CT molecular complexity index is 311. The number of rotatable bonds is 6. The van der Waals surface area contributed by atoms with Gasteiger partial charge in [0.1, 0.15) is 0 Å². The molecule has 4 heteroatoms. The number of carbonyl (C=O) groups is 2. The van der Waals surface area contributed by atoms with E-state index in [-0.39, 0.29) is 23.7 Å². The van der Waals surface area contributed by atoms with Crippen LogP contribution in [-0.4, -0.2) is 24.9 Å². The first kappa shape index (κ1) is 14.4. The Balaban J connectivity index is 2.02. The van der Waals surface area contributed by atoms with Crippen molar-refractivity contribution in [2.75, 3.05) is 13.1 Å². The van der Waals surface area contributed by atoms with E-state index in [2.05, 4.69) is 10.6 Å². The average molecular weight is 266 g/mol. The molecule has 0 heterocycles. The number of nitrogens with one attached hydrogen (secondary N) is 2. The zero-order valence-corrected chi connectivity index (χ0v) is 12.1. The molecule has 19 heavy (non-hydrogen) atoms. The highest BCUT2D eigenvalue weighted by Crippen LogP contribution is 2.52. The number of hydrogen-bond acceptors (Lipinski definition) is 2. The van der Waals surface area contributed by atoms with Crippen molar-refractivity contribution in [3.05, 3.63) is 0 Å². The van der Waals surface area contributed by atoms with Crippen molar-refractivity contribution in [2.24, 2.45) is 23.7 Å². The Morgan fingerprint density at radius 2 is 1.32 bits per heavy atom. The molecule has 2 fully saturated rings. The van der Waals surface area contributed by atoms with Gasteiger partial charge in [0.05, 0.1) is 11.8 Å². The smallest absolute Gasteiger partial charge is 0.224 e. The minimum absolute atomic E-state index is 0.0813. The lowest BCUT2D eigenvalue weighted by molar-refractivity contribution is -0.137. The van der Waals surface area contributed by atoms with Crippen molar-refractivity contribution in [1.82, 2.24) is 10.6 Å². The van der Waals surface area contributed by atoms with Crippen LogP contribution in [0.15, 0.2) is 0 Å². The predicted octanol–water partition coefficient (Wildman–Crippen LogP) is 1.70. The van der Waals surface area contributed by atoms with Crippen LogP contribution in [0.1, 0.15) is 46.0 Å². The topological polar surface area (TPSA) is 58.2 Å². The predicted molar refractivity (Wildman–Crippen MR) is 74.4 cm³/mol. The second-order valence-corrected chi connectivity index (χ2v) is 5.97. The van der Waals surface area contributed by atoms with E-state index in [1.807, 2.05) is 13.8 Å². The number of amides is 2. The highest BCUT2D eigenvalue weighted by molar-refractivity contribution is 5.89. The van der Waals surface area contributed by atoms with Gasteiger partial charge in [0.2, 0.25) is 11.8 Å². The Labute approximate surface area is 115 Å². The van der Waals surface area contributed by atoms with Crippen LogP contribution < -0.4 is 10.6 Å². The van der Waals surface area contributed by atoms with E-state index in [1.54, 1.807) is 0 Å². The lowest BCUT2D eigenvalue weighted by Gasteiger charge is -2.29. The fraction of sp³-hybridized carbons (Fsp3) is 0.867. The van der Waals surface area contributed by atoms with Crippen LogP contribution in [0, 0.1) is 23.7 Å². The maximum Gasteiger partial charge on any atom is 0.224 e. The second-order valence-electron chi connectivity index (χ2n) is 5.97. The van der Waals surface area contributed by atoms with Gasteiger partial charge in [-0.1, -0.05) is 13.8 Å². The summed E-state index contributed by atoms with van der Waals surface area (Å²) in [5.74, 6) is 0.902. The summed E-state index contributed by atoms with van der Waals surface area (Å²) >= 11 is 0. The van der Waals surface area contributed by atoms with Gasteiger partial charge in [-0.3, -0.25) is 9.59 Å². The van der Waals surface area contributed by atoms with Crippen molar-refractivity contribution < 1.29 is 9.59 Å². The quantitative estimate of drug-likeness (QED) is 0.769. The van der Waals surface area contributed by atoms with Crippen LogP contribution in [0.5, 0.6) is 0 Å². The van der Waals surface area contributed by atoms with Gasteiger partial charge >= 0.3 is 0 Å². The Hall–Kier alpha value is -1.06. The van der Waals surface area contributed by atoms with Gasteiger partial charge in [-0.25, -0.2) is 0 Å². The maximum atomic E-state index is 12.3. The zero-order chi connectivity index (χ0) is 13.8. The summed E-state index contributed by atoms with van der Waals surface area (Å²) in [6.07, 6.45) is 5.19. The molecule has 2 amide bonds. The lowest BCUT2D eigenvalue weighted by Crippen LogP contribution is -2.45. The number of hydrogen-bond donors (Lipinski definition) is 2. The molecule has 4 atom stereocenters. The average Bonchev–Trinajstić information content (AvgIpc) is 3.02. The SMILES string of the molecule is CCCNC(=O)C1C2CCC(C2)C1C(=O)NCCC. The van der Waals surface area contributed by atoms with E-state index in [9.17, 15) is 9.59 Å². The van der Waals surface area contributed by atoms with Gasteiger partial charge in [0.25, 0.3) is 0 Å². The second kappa shape index (κ2) is 6.40. The van der Waals surface area contributed by atoms with Crippen LogP contribution in [-0.2, 0) is 9.59 Å². The third-order valence-electron chi connectivity index (χ3n) is 4.62. The molecule has 2 aliphatic carbocycles. The van der Waals surface area contributed by atoms with Crippen LogP contribution in [0.3, 0.4) is 0 Å². The molecule has 108 valence electrons. The van der Waals surface area contributed by atoms with Crippen molar-refractivity contribution in [3.8, 4) is 0 Å². The first-order valence-electron chi connectivity index (χ1n) is 7.74. The van der Waals surface area contributed by atoms with Gasteiger partial charge < -0.3 is 10.6 Å². The highest BCUT2D eigenvalue weighted by atomic mass is 16.2. The molecule has 0 aromatic heterocycles. The highest BCUT2D eigenvalue weighted by Gasteiger charge is 2.53. The van der Waals surface area contributed by atoms with E-state index in [0.717, 1.165) is 45.2 Å². The molecule has 0 aromatic rings. The monoisotopic (exact) mass is 266 g/mol. The number of carbonyl (C=O) groups excluding carboxylic acids is 2. The Kier molecular flexibility index (Phi) is 4.83. The van der Waals surface area contributed by atoms with E-state index in [4.69, 9.17) is 0 Å². The molecule has 0 aliphatic heterocycles. The molecular formula is C15H26N2O2. The molecule has 2 N–H and O–H groups in total. The largest absolute Gasteiger partial charge is 0.356 e. The molecule has 2 rings (SSSR count). The van der Waals surface area contributed by atoms with Gasteiger partial charge in [-0.2, -0.15) is 0 Å². The third-order valence-corrected chi connectivity index (χ3v) is 4.62. The molecule has 2 saturated carbocycles.